The summed E-state index contributed by atoms with van der Waals surface area (Å²) in [4.78, 5) is 35.6. The lowest BCUT2D eigenvalue weighted by Gasteiger charge is -2.38. The van der Waals surface area contributed by atoms with Crippen LogP contribution in [-0.4, -0.2) is 70.9 Å². The fourth-order valence-corrected chi connectivity index (χ4v) is 4.08. The van der Waals surface area contributed by atoms with Crippen molar-refractivity contribution in [3.8, 4) is 0 Å². The zero-order chi connectivity index (χ0) is 18.8. The van der Waals surface area contributed by atoms with Gasteiger partial charge in [0.1, 0.15) is 5.15 Å². The van der Waals surface area contributed by atoms with Crippen molar-refractivity contribution in [2.45, 2.75) is 19.3 Å². The molecule has 0 N–H and O–H groups in total. The lowest BCUT2D eigenvalue weighted by molar-refractivity contribution is 0.0634. The predicted octanol–water partition coefficient (Wildman–Crippen LogP) is 3.25. The lowest BCUT2D eigenvalue weighted by atomic mass is 10.1. The van der Waals surface area contributed by atoms with Crippen molar-refractivity contribution in [2.24, 2.45) is 0 Å². The average Bonchev–Trinajstić information content (AvgIpc) is 2.73. The highest BCUT2D eigenvalue weighted by Gasteiger charge is 2.29. The van der Waals surface area contributed by atoms with Crippen LogP contribution in [0.15, 0.2) is 30.3 Å². The van der Waals surface area contributed by atoms with Gasteiger partial charge in [0.15, 0.2) is 0 Å². The molecule has 3 heterocycles. The van der Waals surface area contributed by atoms with Crippen LogP contribution in [0.4, 0.5) is 4.79 Å². The third-order valence-corrected chi connectivity index (χ3v) is 5.57. The summed E-state index contributed by atoms with van der Waals surface area (Å²) < 4.78 is 0. The second-order valence-corrected chi connectivity index (χ2v) is 7.51. The Morgan fingerprint density at radius 1 is 0.852 bits per heavy atom. The summed E-state index contributed by atoms with van der Waals surface area (Å²) in [6, 6.07) is 9.26. The number of hydrogen-bond donors (Lipinski definition) is 0. The average molecular weight is 387 g/mol. The number of halogens is 1. The molecule has 2 aliphatic rings. The van der Waals surface area contributed by atoms with Gasteiger partial charge in [-0.05, 0) is 31.4 Å². The number of amides is 3. The second-order valence-electron chi connectivity index (χ2n) is 7.12. The number of hydrogen-bond acceptors (Lipinski definition) is 3. The Hall–Kier alpha value is -2.34. The number of fused-ring (bicyclic) bond motifs is 1. The summed E-state index contributed by atoms with van der Waals surface area (Å²) in [5.41, 5.74) is 1.29. The van der Waals surface area contributed by atoms with E-state index in [0.29, 0.717) is 42.4 Å². The quantitative estimate of drug-likeness (QED) is 0.707. The molecule has 0 unspecified atom stereocenters. The molecule has 6 nitrogen and oxygen atoms in total. The Bertz CT molecular complexity index is 858. The summed E-state index contributed by atoms with van der Waals surface area (Å²) in [7, 11) is 0. The number of nitrogens with zero attached hydrogens (tertiary/aromatic N) is 4. The van der Waals surface area contributed by atoms with E-state index in [1.165, 1.54) is 6.42 Å². The van der Waals surface area contributed by atoms with Gasteiger partial charge in [-0.2, -0.15) is 0 Å². The van der Waals surface area contributed by atoms with Crippen LogP contribution in [0.25, 0.3) is 10.9 Å². The molecule has 0 radical (unpaired) electrons. The monoisotopic (exact) mass is 386 g/mol. The SMILES string of the molecule is O=C(c1cc(Cl)nc2ccccc12)N1CCN(C(=O)N2CCCCC2)CC1. The van der Waals surface area contributed by atoms with Crippen molar-refractivity contribution in [2.75, 3.05) is 39.3 Å². The number of likely N-dealkylation sites (tertiary alicyclic amines) is 1. The van der Waals surface area contributed by atoms with Gasteiger partial charge in [0.05, 0.1) is 11.1 Å². The van der Waals surface area contributed by atoms with E-state index < -0.39 is 0 Å². The number of urea groups is 1. The van der Waals surface area contributed by atoms with Crippen LogP contribution in [0.3, 0.4) is 0 Å². The zero-order valence-electron chi connectivity index (χ0n) is 15.2. The molecule has 2 aliphatic heterocycles. The van der Waals surface area contributed by atoms with Crippen LogP contribution in [0.5, 0.6) is 0 Å². The molecular formula is C20H23ClN4O2. The fraction of sp³-hybridized carbons (Fsp3) is 0.450. The maximum absolute atomic E-state index is 13.1. The van der Waals surface area contributed by atoms with Gasteiger partial charge < -0.3 is 14.7 Å². The Labute approximate surface area is 163 Å². The van der Waals surface area contributed by atoms with Crippen molar-refractivity contribution in [3.63, 3.8) is 0 Å². The molecule has 0 aliphatic carbocycles. The normalized spacial score (nSPS) is 18.0. The number of aromatic nitrogens is 1. The number of carbonyl (C=O) groups is 2. The van der Waals surface area contributed by atoms with E-state index in [4.69, 9.17) is 11.6 Å². The van der Waals surface area contributed by atoms with Crippen LogP contribution in [0, 0.1) is 0 Å². The first-order valence-electron chi connectivity index (χ1n) is 9.52. The highest BCUT2D eigenvalue weighted by Crippen LogP contribution is 2.23. The molecule has 3 amide bonds. The Morgan fingerprint density at radius 3 is 2.22 bits per heavy atom. The van der Waals surface area contributed by atoms with Gasteiger partial charge >= 0.3 is 6.03 Å². The van der Waals surface area contributed by atoms with Crippen molar-refractivity contribution in [3.05, 3.63) is 41.0 Å². The molecule has 7 heteroatoms. The van der Waals surface area contributed by atoms with Crippen LogP contribution in [-0.2, 0) is 0 Å². The number of carbonyl (C=O) groups excluding carboxylic acids is 2. The third-order valence-electron chi connectivity index (χ3n) is 5.38. The van der Waals surface area contributed by atoms with Gasteiger partial charge in [-0.25, -0.2) is 9.78 Å². The van der Waals surface area contributed by atoms with E-state index in [2.05, 4.69) is 4.98 Å². The van der Waals surface area contributed by atoms with Gasteiger partial charge in [-0.3, -0.25) is 4.79 Å². The Balaban J connectivity index is 1.45. The summed E-state index contributed by atoms with van der Waals surface area (Å²) >= 11 is 6.12. The van der Waals surface area contributed by atoms with Crippen LogP contribution < -0.4 is 0 Å². The first-order chi connectivity index (χ1) is 13.1. The number of piperidine rings is 1. The topological polar surface area (TPSA) is 56.8 Å². The molecule has 27 heavy (non-hydrogen) atoms. The molecule has 2 fully saturated rings. The maximum Gasteiger partial charge on any atom is 0.320 e. The van der Waals surface area contributed by atoms with E-state index in [1.807, 2.05) is 34.1 Å². The molecule has 2 saturated heterocycles. The number of piperazine rings is 1. The minimum absolute atomic E-state index is 0.0550. The molecule has 2 aromatic rings. The van der Waals surface area contributed by atoms with Gasteiger partial charge in [0, 0.05) is 44.7 Å². The minimum atomic E-state index is -0.0550. The van der Waals surface area contributed by atoms with Gasteiger partial charge in [-0.15, -0.1) is 0 Å². The van der Waals surface area contributed by atoms with Crippen LogP contribution in [0.1, 0.15) is 29.6 Å². The smallest absolute Gasteiger partial charge is 0.320 e. The molecule has 4 rings (SSSR count). The van der Waals surface area contributed by atoms with E-state index in [-0.39, 0.29) is 11.9 Å². The molecule has 0 spiro atoms. The zero-order valence-corrected chi connectivity index (χ0v) is 16.0. The van der Waals surface area contributed by atoms with Gasteiger partial charge in [0.25, 0.3) is 5.91 Å². The minimum Gasteiger partial charge on any atom is -0.335 e. The first kappa shape index (κ1) is 18.0. The van der Waals surface area contributed by atoms with E-state index in [9.17, 15) is 9.59 Å². The van der Waals surface area contributed by atoms with Crippen molar-refractivity contribution in [1.29, 1.82) is 0 Å². The second kappa shape index (κ2) is 7.72. The predicted molar refractivity (Wildman–Crippen MR) is 105 cm³/mol. The van der Waals surface area contributed by atoms with Gasteiger partial charge in [0.2, 0.25) is 0 Å². The Morgan fingerprint density at radius 2 is 1.48 bits per heavy atom. The lowest BCUT2D eigenvalue weighted by Crippen LogP contribution is -2.54. The van der Waals surface area contributed by atoms with Crippen LogP contribution in [0.2, 0.25) is 5.15 Å². The molecule has 0 bridgehead atoms. The van der Waals surface area contributed by atoms with E-state index in [1.54, 1.807) is 11.0 Å². The molecular weight excluding hydrogens is 364 g/mol. The standard InChI is InChI=1S/C20H23ClN4O2/c21-18-14-16(15-6-2-3-7-17(15)22-18)19(26)23-10-12-25(13-11-23)20(27)24-8-4-1-5-9-24/h2-3,6-7,14H,1,4-5,8-13H2. The number of rotatable bonds is 1. The van der Waals surface area contributed by atoms with Crippen molar-refractivity contribution >= 4 is 34.4 Å². The number of para-hydroxylation sites is 1. The highest BCUT2D eigenvalue weighted by molar-refractivity contribution is 6.30. The van der Waals surface area contributed by atoms with E-state index in [0.717, 1.165) is 31.3 Å². The molecule has 0 atom stereocenters. The maximum atomic E-state index is 13.1. The molecule has 142 valence electrons. The summed E-state index contributed by atoms with van der Waals surface area (Å²) in [5, 5.41) is 1.12. The summed E-state index contributed by atoms with van der Waals surface area (Å²) in [5.74, 6) is -0.0550. The van der Waals surface area contributed by atoms with Crippen molar-refractivity contribution in [1.82, 2.24) is 19.7 Å². The summed E-state index contributed by atoms with van der Waals surface area (Å²) in [6.07, 6.45) is 3.37. The molecule has 1 aromatic carbocycles. The number of benzene rings is 1. The van der Waals surface area contributed by atoms with Crippen LogP contribution >= 0.6 is 11.6 Å². The van der Waals surface area contributed by atoms with E-state index >= 15 is 0 Å². The molecule has 0 saturated carbocycles. The molecule has 1 aromatic heterocycles. The first-order valence-corrected chi connectivity index (χ1v) is 9.90. The largest absolute Gasteiger partial charge is 0.335 e. The highest BCUT2D eigenvalue weighted by atomic mass is 35.5. The Kier molecular flexibility index (Phi) is 5.16. The fourth-order valence-electron chi connectivity index (χ4n) is 3.88. The number of pyridine rings is 1. The third kappa shape index (κ3) is 3.72. The van der Waals surface area contributed by atoms with Gasteiger partial charge in [-0.1, -0.05) is 29.8 Å². The van der Waals surface area contributed by atoms with Crippen molar-refractivity contribution < 1.29 is 9.59 Å². The summed E-state index contributed by atoms with van der Waals surface area (Å²) in [6.45, 7) is 3.90.